The van der Waals surface area contributed by atoms with E-state index in [0.29, 0.717) is 44.7 Å². The van der Waals surface area contributed by atoms with Gasteiger partial charge in [0.25, 0.3) is 5.91 Å². The number of hydrogen-bond donors (Lipinski definition) is 2. The largest absolute Gasteiger partial charge is 0.490 e. The molecule has 2 aliphatic carbocycles. The maximum Gasteiger partial charge on any atom is 0.266 e. The summed E-state index contributed by atoms with van der Waals surface area (Å²) < 4.78 is 35.2. The SMILES string of the molecule is CC[C@@H]1CC/C=C\[C@H](O)[C@@H]2CC[C@H]2CN2C[C@@]3(CCCc4cc(Cl)ccc43)COc3cc(Cl)c(cc32)C(=O)NS1(=O)=O. The fourth-order valence-corrected chi connectivity index (χ4v) is 9.22. The normalized spacial score (nSPS) is 31.5. The van der Waals surface area contributed by atoms with Crippen LogP contribution in [0.1, 0.15) is 73.4 Å². The molecule has 10 heteroatoms. The van der Waals surface area contributed by atoms with Crippen LogP contribution in [0, 0.1) is 11.8 Å². The summed E-state index contributed by atoms with van der Waals surface area (Å²) in [5.74, 6) is 0.195. The molecule has 0 aromatic heterocycles. The smallest absolute Gasteiger partial charge is 0.266 e. The predicted octanol–water partition coefficient (Wildman–Crippen LogP) is 6.04. The number of halogens is 2. The third-order valence-electron chi connectivity index (χ3n) is 9.86. The van der Waals surface area contributed by atoms with Crippen LogP contribution in [0.5, 0.6) is 5.75 Å². The molecule has 5 atom stereocenters. The van der Waals surface area contributed by atoms with E-state index in [1.807, 2.05) is 18.2 Å². The van der Waals surface area contributed by atoms with Crippen LogP contribution in [0.15, 0.2) is 42.5 Å². The molecule has 1 spiro atoms. The zero-order valence-electron chi connectivity index (χ0n) is 23.8. The van der Waals surface area contributed by atoms with Gasteiger partial charge in [-0.1, -0.05) is 48.3 Å². The van der Waals surface area contributed by atoms with Crippen molar-refractivity contribution in [1.29, 1.82) is 0 Å². The van der Waals surface area contributed by atoms with Gasteiger partial charge in [0, 0.05) is 29.6 Å². The Labute approximate surface area is 258 Å². The fraction of sp³-hybridized carbons (Fsp3) is 0.531. The monoisotopic (exact) mass is 632 g/mol. The Balaban J connectivity index is 1.45. The number of allylic oxidation sites excluding steroid dienone is 1. The molecular weight excluding hydrogens is 595 g/mol. The van der Waals surface area contributed by atoms with E-state index in [1.165, 1.54) is 11.1 Å². The maximum absolute atomic E-state index is 13.4. The molecule has 42 heavy (non-hydrogen) atoms. The van der Waals surface area contributed by atoms with Gasteiger partial charge in [0.05, 0.1) is 34.2 Å². The van der Waals surface area contributed by atoms with Gasteiger partial charge in [0.1, 0.15) is 5.75 Å². The highest BCUT2D eigenvalue weighted by molar-refractivity contribution is 7.90. The molecule has 0 radical (unpaired) electrons. The van der Waals surface area contributed by atoms with Crippen molar-refractivity contribution in [2.24, 2.45) is 11.8 Å². The zero-order chi connectivity index (χ0) is 29.6. The number of hydrogen-bond acceptors (Lipinski definition) is 6. The Hall–Kier alpha value is -2.26. The lowest BCUT2D eigenvalue weighted by molar-refractivity contribution is 0.0456. The van der Waals surface area contributed by atoms with Gasteiger partial charge in [-0.3, -0.25) is 4.79 Å². The van der Waals surface area contributed by atoms with Gasteiger partial charge >= 0.3 is 0 Å². The number of carbonyl (C=O) groups excluding carboxylic acids is 1. The first kappa shape index (κ1) is 29.8. The molecule has 1 fully saturated rings. The van der Waals surface area contributed by atoms with Crippen LogP contribution in [0.3, 0.4) is 0 Å². The molecule has 6 rings (SSSR count). The lowest BCUT2D eigenvalue weighted by Gasteiger charge is -2.45. The second-order valence-electron chi connectivity index (χ2n) is 12.4. The van der Waals surface area contributed by atoms with Gasteiger partial charge in [-0.15, -0.1) is 0 Å². The second-order valence-corrected chi connectivity index (χ2v) is 15.2. The number of nitrogens with one attached hydrogen (secondary N) is 1. The lowest BCUT2D eigenvalue weighted by Crippen LogP contribution is -2.49. The highest BCUT2D eigenvalue weighted by atomic mass is 35.5. The average molecular weight is 634 g/mol. The van der Waals surface area contributed by atoms with Crippen LogP contribution < -0.4 is 14.4 Å². The van der Waals surface area contributed by atoms with E-state index in [9.17, 15) is 18.3 Å². The molecule has 2 bridgehead atoms. The molecule has 0 unspecified atom stereocenters. The highest BCUT2D eigenvalue weighted by Crippen LogP contribution is 2.47. The van der Waals surface area contributed by atoms with E-state index in [0.717, 1.165) is 42.8 Å². The molecule has 2 aromatic rings. The van der Waals surface area contributed by atoms with Crippen molar-refractivity contribution >= 4 is 44.8 Å². The number of aliphatic hydroxyl groups excluding tert-OH is 1. The molecule has 2 heterocycles. The summed E-state index contributed by atoms with van der Waals surface area (Å²) in [7, 11) is -3.95. The van der Waals surface area contributed by atoms with Crippen molar-refractivity contribution in [3.05, 3.63) is 69.2 Å². The molecule has 2 aromatic carbocycles. The molecule has 1 saturated carbocycles. The fourth-order valence-electron chi connectivity index (χ4n) is 7.37. The third-order valence-corrected chi connectivity index (χ3v) is 12.3. The molecule has 1 amide bonds. The van der Waals surface area contributed by atoms with Crippen molar-refractivity contribution in [2.75, 3.05) is 24.6 Å². The minimum atomic E-state index is -3.95. The van der Waals surface area contributed by atoms with Gasteiger partial charge < -0.3 is 14.7 Å². The van der Waals surface area contributed by atoms with Gasteiger partial charge in [0.15, 0.2) is 0 Å². The summed E-state index contributed by atoms with van der Waals surface area (Å²) in [5.41, 5.74) is 2.98. The first-order valence-corrected chi connectivity index (χ1v) is 17.3. The molecule has 226 valence electrons. The predicted molar refractivity (Wildman–Crippen MR) is 166 cm³/mol. The number of benzene rings is 2. The van der Waals surface area contributed by atoms with Crippen LogP contribution in [-0.4, -0.2) is 50.5 Å². The lowest BCUT2D eigenvalue weighted by atomic mass is 9.68. The molecule has 2 aliphatic heterocycles. The van der Waals surface area contributed by atoms with E-state index in [1.54, 1.807) is 19.1 Å². The summed E-state index contributed by atoms with van der Waals surface area (Å²) in [6.07, 6.45) is 9.13. The summed E-state index contributed by atoms with van der Waals surface area (Å²) in [5, 5.41) is 11.2. The number of aliphatic hydroxyl groups is 1. The van der Waals surface area contributed by atoms with Crippen molar-refractivity contribution in [1.82, 2.24) is 4.72 Å². The van der Waals surface area contributed by atoms with Crippen LogP contribution in [0.4, 0.5) is 5.69 Å². The van der Waals surface area contributed by atoms with Gasteiger partial charge in [-0.25, -0.2) is 13.1 Å². The Morgan fingerprint density at radius 2 is 2.00 bits per heavy atom. The number of sulfonamides is 1. The molecule has 0 saturated heterocycles. The summed E-state index contributed by atoms with van der Waals surface area (Å²) in [4.78, 5) is 15.7. The second kappa shape index (κ2) is 11.7. The van der Waals surface area contributed by atoms with Crippen LogP contribution in [0.2, 0.25) is 10.0 Å². The van der Waals surface area contributed by atoms with E-state index >= 15 is 0 Å². The molecule has 2 N–H and O–H groups in total. The third kappa shape index (κ3) is 5.56. The molecular formula is C32H38Cl2N2O5S. The van der Waals surface area contributed by atoms with Crippen molar-refractivity contribution in [3.8, 4) is 5.75 Å². The summed E-state index contributed by atoms with van der Waals surface area (Å²) in [6.45, 7) is 3.57. The maximum atomic E-state index is 13.4. The number of aryl methyl sites for hydroxylation is 1. The first-order valence-electron chi connectivity index (χ1n) is 15.0. The van der Waals surface area contributed by atoms with Gasteiger partial charge in [-0.05, 0) is 92.5 Å². The van der Waals surface area contributed by atoms with Gasteiger partial charge in [0.2, 0.25) is 10.0 Å². The van der Waals surface area contributed by atoms with E-state index in [-0.39, 0.29) is 27.8 Å². The van der Waals surface area contributed by atoms with E-state index in [2.05, 4.69) is 21.8 Å². The number of rotatable bonds is 1. The Morgan fingerprint density at radius 1 is 1.17 bits per heavy atom. The van der Waals surface area contributed by atoms with Crippen LogP contribution in [0.25, 0.3) is 0 Å². The van der Waals surface area contributed by atoms with Crippen molar-refractivity contribution < 1.29 is 23.1 Å². The number of fused-ring (bicyclic) bond motifs is 4. The van der Waals surface area contributed by atoms with Crippen LogP contribution in [-0.2, 0) is 21.9 Å². The van der Waals surface area contributed by atoms with Crippen molar-refractivity contribution in [3.63, 3.8) is 0 Å². The minimum absolute atomic E-state index is 0.103. The standard InChI is InChI=1S/C32H38Cl2N2O5S/c1-2-23-7-3-4-8-29(37)24-11-9-21(24)17-36-18-32(13-5-6-20-14-22(33)10-12-26(20)32)19-41-30-16-27(34)25(15-28(30)36)31(38)35-42(23,39)40/h4,8,10,12,14-16,21,23-24,29,37H,2-3,5-7,9,11,13,17-19H2,1H3,(H,35,38)/b8-4-/t21-,23+,24+,29-,32-/m0/s1. The minimum Gasteiger partial charge on any atom is -0.490 e. The van der Waals surface area contributed by atoms with E-state index in [4.69, 9.17) is 27.9 Å². The number of anilines is 1. The van der Waals surface area contributed by atoms with E-state index < -0.39 is 27.3 Å². The quantitative estimate of drug-likeness (QED) is 0.372. The Kier molecular flexibility index (Phi) is 8.28. The Morgan fingerprint density at radius 3 is 2.76 bits per heavy atom. The first-order chi connectivity index (χ1) is 20.1. The molecule has 7 nitrogen and oxygen atoms in total. The summed E-state index contributed by atoms with van der Waals surface area (Å²) in [6, 6.07) is 9.44. The Bertz CT molecular complexity index is 1510. The molecule has 4 aliphatic rings. The topological polar surface area (TPSA) is 95.9 Å². The van der Waals surface area contributed by atoms with Crippen LogP contribution >= 0.6 is 23.2 Å². The van der Waals surface area contributed by atoms with Crippen molar-refractivity contribution in [2.45, 2.75) is 75.1 Å². The highest BCUT2D eigenvalue weighted by Gasteiger charge is 2.44. The summed E-state index contributed by atoms with van der Waals surface area (Å²) >= 11 is 13.0. The number of ether oxygens (including phenoxy) is 1. The number of nitrogens with zero attached hydrogens (tertiary/aromatic N) is 1. The average Bonchev–Trinajstić information content (AvgIpc) is 3.06. The zero-order valence-corrected chi connectivity index (χ0v) is 26.1. The number of amides is 1. The number of carbonyl (C=O) groups is 1. The van der Waals surface area contributed by atoms with Gasteiger partial charge in [-0.2, -0.15) is 0 Å².